The highest BCUT2D eigenvalue weighted by molar-refractivity contribution is 7.13. The van der Waals surface area contributed by atoms with E-state index in [0.29, 0.717) is 19.5 Å². The molecule has 0 spiro atoms. The summed E-state index contributed by atoms with van der Waals surface area (Å²) in [5.41, 5.74) is 2.89. The normalized spacial score (nSPS) is 12.8. The molecule has 4 aromatic rings. The van der Waals surface area contributed by atoms with E-state index >= 15 is 0 Å². The van der Waals surface area contributed by atoms with Crippen molar-refractivity contribution in [2.75, 3.05) is 19.6 Å². The molecule has 0 bridgehead atoms. The van der Waals surface area contributed by atoms with E-state index in [9.17, 15) is 5.11 Å². The third-order valence-corrected chi connectivity index (χ3v) is 6.46. The highest BCUT2D eigenvalue weighted by Crippen LogP contribution is 2.24. The monoisotopic (exact) mass is 438 g/mol. The fourth-order valence-corrected chi connectivity index (χ4v) is 4.51. The molecule has 7 nitrogen and oxygen atoms in total. The third-order valence-electron chi connectivity index (χ3n) is 5.57. The number of hydrogen-bond donors (Lipinski definition) is 1. The molecule has 4 aromatic heterocycles. The van der Waals surface area contributed by atoms with Gasteiger partial charge in [0.15, 0.2) is 11.5 Å². The van der Waals surface area contributed by atoms with Crippen LogP contribution in [0.3, 0.4) is 0 Å². The van der Waals surface area contributed by atoms with Crippen molar-refractivity contribution >= 4 is 17.0 Å². The molecular formula is C23H30N6OS. The summed E-state index contributed by atoms with van der Waals surface area (Å²) in [6.45, 7) is 9.33. The molecule has 164 valence electrons. The summed E-state index contributed by atoms with van der Waals surface area (Å²) in [4.78, 5) is 12.9. The number of pyridine rings is 1. The van der Waals surface area contributed by atoms with E-state index in [0.717, 1.165) is 53.1 Å². The van der Waals surface area contributed by atoms with Crippen molar-refractivity contribution in [2.45, 2.75) is 46.3 Å². The van der Waals surface area contributed by atoms with Crippen molar-refractivity contribution in [3.63, 3.8) is 0 Å². The number of likely N-dealkylation sites (N-methyl/N-ethyl adjacent to an activating group) is 1. The van der Waals surface area contributed by atoms with Crippen molar-refractivity contribution in [3.8, 4) is 10.6 Å². The van der Waals surface area contributed by atoms with Gasteiger partial charge in [0.2, 0.25) is 0 Å². The zero-order chi connectivity index (χ0) is 21.8. The molecule has 0 aliphatic carbocycles. The second-order valence-corrected chi connectivity index (χ2v) is 8.72. The van der Waals surface area contributed by atoms with Gasteiger partial charge in [0.1, 0.15) is 5.82 Å². The van der Waals surface area contributed by atoms with Gasteiger partial charge in [-0.05, 0) is 43.6 Å². The van der Waals surface area contributed by atoms with E-state index in [-0.39, 0.29) is 0 Å². The van der Waals surface area contributed by atoms with Crippen LogP contribution >= 0.6 is 11.3 Å². The Balaban J connectivity index is 1.53. The van der Waals surface area contributed by atoms with E-state index in [2.05, 4.69) is 51.0 Å². The van der Waals surface area contributed by atoms with Gasteiger partial charge in [-0.2, -0.15) is 5.10 Å². The van der Waals surface area contributed by atoms with Gasteiger partial charge in [-0.15, -0.1) is 11.3 Å². The lowest BCUT2D eigenvalue weighted by Crippen LogP contribution is -2.34. The van der Waals surface area contributed by atoms with Crippen LogP contribution in [0.4, 0.5) is 0 Å². The molecule has 0 fully saturated rings. The Hall–Kier alpha value is -2.55. The van der Waals surface area contributed by atoms with Crippen LogP contribution in [0.5, 0.6) is 0 Å². The van der Waals surface area contributed by atoms with Crippen molar-refractivity contribution in [2.24, 2.45) is 0 Å². The molecule has 8 heteroatoms. The smallest absolute Gasteiger partial charge is 0.155 e. The first kappa shape index (κ1) is 21.7. The average Bonchev–Trinajstić information content (AvgIpc) is 3.50. The number of thiophene rings is 1. The van der Waals surface area contributed by atoms with Gasteiger partial charge < -0.3 is 14.6 Å². The second-order valence-electron chi connectivity index (χ2n) is 7.78. The number of fused-ring (bicyclic) bond motifs is 1. The maximum absolute atomic E-state index is 10.7. The van der Waals surface area contributed by atoms with Gasteiger partial charge in [-0.3, -0.25) is 0 Å². The Morgan fingerprint density at radius 3 is 2.65 bits per heavy atom. The van der Waals surface area contributed by atoms with Gasteiger partial charge in [-0.25, -0.2) is 14.5 Å². The van der Waals surface area contributed by atoms with Gasteiger partial charge in [0.25, 0.3) is 0 Å². The van der Waals surface area contributed by atoms with Crippen LogP contribution in [0.2, 0.25) is 0 Å². The van der Waals surface area contributed by atoms with Crippen LogP contribution in [0.15, 0.2) is 41.9 Å². The lowest BCUT2D eigenvalue weighted by atomic mass is 10.2. The van der Waals surface area contributed by atoms with Crippen LogP contribution < -0.4 is 0 Å². The maximum atomic E-state index is 10.7. The fourth-order valence-electron chi connectivity index (χ4n) is 3.83. The zero-order valence-electron chi connectivity index (χ0n) is 18.4. The van der Waals surface area contributed by atoms with Gasteiger partial charge in [0.05, 0.1) is 23.2 Å². The number of rotatable bonds is 10. The van der Waals surface area contributed by atoms with Crippen LogP contribution in [0.1, 0.15) is 31.2 Å². The quantitative estimate of drug-likeness (QED) is 0.411. The Morgan fingerprint density at radius 1 is 1.10 bits per heavy atom. The summed E-state index contributed by atoms with van der Waals surface area (Å²) in [6.07, 6.45) is 3.04. The molecule has 31 heavy (non-hydrogen) atoms. The molecule has 0 saturated carbocycles. The second kappa shape index (κ2) is 9.72. The van der Waals surface area contributed by atoms with Gasteiger partial charge >= 0.3 is 0 Å². The fraction of sp³-hybridized carbons (Fsp3) is 0.435. The van der Waals surface area contributed by atoms with E-state index < -0.39 is 6.10 Å². The molecule has 0 aliphatic rings. The van der Waals surface area contributed by atoms with Crippen LogP contribution in [0, 0.1) is 6.92 Å². The number of imidazole rings is 1. The summed E-state index contributed by atoms with van der Waals surface area (Å²) in [5, 5.41) is 17.4. The molecule has 0 radical (unpaired) electrons. The molecule has 0 aromatic carbocycles. The molecule has 0 aliphatic heterocycles. The Bertz CT molecular complexity index is 1110. The predicted molar refractivity (Wildman–Crippen MR) is 124 cm³/mol. The summed E-state index contributed by atoms with van der Waals surface area (Å²) >= 11 is 1.68. The Kier molecular flexibility index (Phi) is 6.80. The molecule has 0 saturated heterocycles. The van der Waals surface area contributed by atoms with Crippen LogP contribution in [0.25, 0.3) is 16.2 Å². The van der Waals surface area contributed by atoms with Crippen molar-refractivity contribution in [1.29, 1.82) is 0 Å². The van der Waals surface area contributed by atoms with Crippen molar-refractivity contribution in [3.05, 3.63) is 59.3 Å². The largest absolute Gasteiger partial charge is 0.390 e. The summed E-state index contributed by atoms with van der Waals surface area (Å²) in [5.74, 6) is 1.77. The van der Waals surface area contributed by atoms with Gasteiger partial charge in [-0.1, -0.05) is 26.0 Å². The minimum Gasteiger partial charge on any atom is -0.390 e. The lowest BCUT2D eigenvalue weighted by Gasteiger charge is -2.22. The number of hydrogen-bond acceptors (Lipinski definition) is 6. The molecule has 1 atom stereocenters. The number of aliphatic hydroxyl groups excluding tert-OH is 1. The summed E-state index contributed by atoms with van der Waals surface area (Å²) in [6, 6.07) is 10.1. The first-order valence-corrected chi connectivity index (χ1v) is 11.8. The molecule has 0 amide bonds. The van der Waals surface area contributed by atoms with E-state index in [1.807, 2.05) is 35.7 Å². The van der Waals surface area contributed by atoms with Crippen LogP contribution in [-0.4, -0.2) is 59.9 Å². The molecule has 1 N–H and O–H groups in total. The summed E-state index contributed by atoms with van der Waals surface area (Å²) in [7, 11) is 0. The molecular weight excluding hydrogens is 408 g/mol. The maximum Gasteiger partial charge on any atom is 0.155 e. The number of aliphatic hydroxyl groups is 1. The average molecular weight is 439 g/mol. The topological polar surface area (TPSA) is 71.5 Å². The van der Waals surface area contributed by atoms with Crippen LogP contribution in [-0.2, 0) is 19.4 Å². The first-order chi connectivity index (χ1) is 15.1. The SMILES string of the molecule is CCN(CC)CC(O)Cn1cc(-c2cccs2)nc1CCc1nc2cccc(C)n2n1. The molecule has 4 rings (SSSR count). The lowest BCUT2D eigenvalue weighted by molar-refractivity contribution is 0.102. The Labute approximate surface area is 187 Å². The van der Waals surface area contributed by atoms with E-state index in [1.54, 1.807) is 11.3 Å². The predicted octanol–water partition coefficient (Wildman–Crippen LogP) is 3.45. The number of nitrogens with zero attached hydrogens (tertiary/aromatic N) is 6. The number of aryl methyl sites for hydroxylation is 3. The highest BCUT2D eigenvalue weighted by Gasteiger charge is 2.16. The number of aromatic nitrogens is 5. The minimum absolute atomic E-state index is 0.444. The van der Waals surface area contributed by atoms with E-state index in [1.165, 1.54) is 0 Å². The van der Waals surface area contributed by atoms with Gasteiger partial charge in [0, 0.05) is 31.3 Å². The van der Waals surface area contributed by atoms with E-state index in [4.69, 9.17) is 4.98 Å². The first-order valence-electron chi connectivity index (χ1n) is 10.9. The van der Waals surface area contributed by atoms with Crippen molar-refractivity contribution in [1.82, 2.24) is 29.0 Å². The molecule has 4 heterocycles. The van der Waals surface area contributed by atoms with Crippen molar-refractivity contribution < 1.29 is 5.11 Å². The summed E-state index contributed by atoms with van der Waals surface area (Å²) < 4.78 is 3.98. The zero-order valence-corrected chi connectivity index (χ0v) is 19.2. The molecule has 1 unspecified atom stereocenters. The standard InChI is InChI=1S/C23H30N6OS/c1-4-27(5-2)14-18(30)15-28-16-19(20-9-7-13-31-20)24-22(28)12-11-21-25-23-10-6-8-17(3)29(23)26-21/h6-10,13,16,18,30H,4-5,11-12,14-15H2,1-3H3. The Morgan fingerprint density at radius 2 is 1.94 bits per heavy atom. The third kappa shape index (κ3) is 5.03. The highest BCUT2D eigenvalue weighted by atomic mass is 32.1. The minimum atomic E-state index is -0.444.